The summed E-state index contributed by atoms with van der Waals surface area (Å²) in [6.07, 6.45) is 7.99. The summed E-state index contributed by atoms with van der Waals surface area (Å²) in [5, 5.41) is 13.2. The van der Waals surface area contributed by atoms with Gasteiger partial charge in [0.15, 0.2) is 0 Å². The standard InChI is InChI=1S/C15H19N3O/c19-12-5-4-11-2-1-3-14(13(11)10-12)16-7-6-15-17-8-9-18-15/h4-5,8-10,14,16,19H,1-3,6-7H2,(H,17,18). The highest BCUT2D eigenvalue weighted by molar-refractivity contribution is 5.38. The molecular formula is C15H19N3O. The number of aromatic amines is 1. The number of phenols is 1. The predicted octanol–water partition coefficient (Wildman–Crippen LogP) is 2.33. The Labute approximate surface area is 112 Å². The van der Waals surface area contributed by atoms with E-state index in [0.717, 1.165) is 31.6 Å². The molecule has 0 amide bonds. The lowest BCUT2D eigenvalue weighted by molar-refractivity contribution is 0.447. The molecule has 0 fully saturated rings. The van der Waals surface area contributed by atoms with Crippen LogP contribution in [0.3, 0.4) is 0 Å². The van der Waals surface area contributed by atoms with Crippen LogP contribution in [0.2, 0.25) is 0 Å². The first-order valence-electron chi connectivity index (χ1n) is 6.86. The van der Waals surface area contributed by atoms with Crippen molar-refractivity contribution in [1.29, 1.82) is 0 Å². The van der Waals surface area contributed by atoms with Gasteiger partial charge in [0.2, 0.25) is 0 Å². The fourth-order valence-corrected chi connectivity index (χ4v) is 2.80. The Kier molecular flexibility index (Phi) is 3.51. The van der Waals surface area contributed by atoms with Gasteiger partial charge in [0.25, 0.3) is 0 Å². The molecule has 0 radical (unpaired) electrons. The zero-order chi connectivity index (χ0) is 13.1. The highest BCUT2D eigenvalue weighted by atomic mass is 16.3. The smallest absolute Gasteiger partial charge is 0.115 e. The Balaban J connectivity index is 1.64. The lowest BCUT2D eigenvalue weighted by Crippen LogP contribution is -2.27. The van der Waals surface area contributed by atoms with Crippen LogP contribution in [-0.4, -0.2) is 21.6 Å². The third-order valence-electron chi connectivity index (χ3n) is 3.75. The molecule has 1 aromatic carbocycles. The predicted molar refractivity (Wildman–Crippen MR) is 74.1 cm³/mol. The first-order valence-corrected chi connectivity index (χ1v) is 6.86. The van der Waals surface area contributed by atoms with Crippen molar-refractivity contribution in [3.05, 3.63) is 47.5 Å². The van der Waals surface area contributed by atoms with Crippen molar-refractivity contribution >= 4 is 0 Å². The van der Waals surface area contributed by atoms with Crippen LogP contribution in [-0.2, 0) is 12.8 Å². The van der Waals surface area contributed by atoms with Gasteiger partial charge in [-0.25, -0.2) is 4.98 Å². The quantitative estimate of drug-likeness (QED) is 0.787. The van der Waals surface area contributed by atoms with Crippen molar-refractivity contribution in [3.8, 4) is 5.75 Å². The topological polar surface area (TPSA) is 60.9 Å². The summed E-state index contributed by atoms with van der Waals surface area (Å²) in [5.74, 6) is 1.37. The molecular weight excluding hydrogens is 238 g/mol. The number of aryl methyl sites for hydroxylation is 1. The molecule has 1 aliphatic rings. The lowest BCUT2D eigenvalue weighted by atomic mass is 9.87. The molecule has 3 N–H and O–H groups in total. The summed E-state index contributed by atoms with van der Waals surface area (Å²) in [4.78, 5) is 7.33. The fraction of sp³-hybridized carbons (Fsp3) is 0.400. The summed E-state index contributed by atoms with van der Waals surface area (Å²) in [7, 11) is 0. The second kappa shape index (κ2) is 5.45. The van der Waals surface area contributed by atoms with E-state index in [-0.39, 0.29) is 0 Å². The van der Waals surface area contributed by atoms with E-state index in [1.54, 1.807) is 12.3 Å². The maximum absolute atomic E-state index is 9.64. The van der Waals surface area contributed by atoms with Crippen LogP contribution < -0.4 is 5.32 Å². The Bertz CT molecular complexity index is 536. The third-order valence-corrected chi connectivity index (χ3v) is 3.75. The minimum absolute atomic E-state index is 0.353. The normalized spacial score (nSPS) is 18.2. The highest BCUT2D eigenvalue weighted by Gasteiger charge is 2.19. The molecule has 4 nitrogen and oxygen atoms in total. The van der Waals surface area contributed by atoms with E-state index in [1.807, 2.05) is 18.3 Å². The van der Waals surface area contributed by atoms with Gasteiger partial charge in [-0.3, -0.25) is 0 Å². The molecule has 1 heterocycles. The molecule has 0 spiro atoms. The first-order chi connectivity index (χ1) is 9.33. The van der Waals surface area contributed by atoms with Gasteiger partial charge in [0.05, 0.1) is 0 Å². The first kappa shape index (κ1) is 12.2. The molecule has 4 heteroatoms. The van der Waals surface area contributed by atoms with Crippen molar-refractivity contribution in [2.45, 2.75) is 31.7 Å². The number of rotatable bonds is 4. The van der Waals surface area contributed by atoms with Crippen LogP contribution in [0, 0.1) is 0 Å². The monoisotopic (exact) mass is 257 g/mol. The zero-order valence-corrected chi connectivity index (χ0v) is 10.9. The van der Waals surface area contributed by atoms with E-state index in [4.69, 9.17) is 0 Å². The average Bonchev–Trinajstić information content (AvgIpc) is 2.92. The van der Waals surface area contributed by atoms with Gasteiger partial charge in [-0.2, -0.15) is 0 Å². The summed E-state index contributed by atoms with van der Waals surface area (Å²) in [6, 6.07) is 6.08. The van der Waals surface area contributed by atoms with Gasteiger partial charge in [0, 0.05) is 31.4 Å². The fourth-order valence-electron chi connectivity index (χ4n) is 2.80. The number of imidazole rings is 1. The Morgan fingerprint density at radius 1 is 1.42 bits per heavy atom. The van der Waals surface area contributed by atoms with Crippen molar-refractivity contribution in [3.63, 3.8) is 0 Å². The molecule has 100 valence electrons. The van der Waals surface area contributed by atoms with E-state index >= 15 is 0 Å². The SMILES string of the molecule is Oc1ccc2c(c1)C(NCCc1ncc[nH]1)CCC2. The van der Waals surface area contributed by atoms with E-state index < -0.39 is 0 Å². The van der Waals surface area contributed by atoms with Crippen LogP contribution in [0.5, 0.6) is 5.75 Å². The van der Waals surface area contributed by atoms with Gasteiger partial charge < -0.3 is 15.4 Å². The number of aromatic hydroxyl groups is 1. The Morgan fingerprint density at radius 3 is 3.21 bits per heavy atom. The molecule has 1 unspecified atom stereocenters. The van der Waals surface area contributed by atoms with E-state index in [9.17, 15) is 5.11 Å². The van der Waals surface area contributed by atoms with E-state index in [1.165, 1.54) is 17.5 Å². The molecule has 19 heavy (non-hydrogen) atoms. The van der Waals surface area contributed by atoms with Crippen molar-refractivity contribution in [1.82, 2.24) is 15.3 Å². The number of hydrogen-bond acceptors (Lipinski definition) is 3. The molecule has 0 bridgehead atoms. The number of H-pyrrole nitrogens is 1. The van der Waals surface area contributed by atoms with E-state index in [2.05, 4.69) is 15.3 Å². The molecule has 1 aromatic heterocycles. The Hall–Kier alpha value is -1.81. The summed E-state index contributed by atoms with van der Waals surface area (Å²) >= 11 is 0. The van der Waals surface area contributed by atoms with Crippen molar-refractivity contribution < 1.29 is 5.11 Å². The Morgan fingerprint density at radius 2 is 2.37 bits per heavy atom. The van der Waals surface area contributed by atoms with Crippen molar-refractivity contribution in [2.24, 2.45) is 0 Å². The number of benzene rings is 1. The molecule has 0 aliphatic heterocycles. The summed E-state index contributed by atoms with van der Waals surface area (Å²) < 4.78 is 0. The molecule has 2 aromatic rings. The molecule has 0 saturated heterocycles. The number of phenolic OH excluding ortho intramolecular Hbond substituents is 1. The number of nitrogens with zero attached hydrogens (tertiary/aromatic N) is 1. The van der Waals surface area contributed by atoms with Crippen LogP contribution in [0.1, 0.15) is 35.8 Å². The minimum atomic E-state index is 0.353. The molecule has 3 rings (SSSR count). The van der Waals surface area contributed by atoms with Gasteiger partial charge in [-0.1, -0.05) is 6.07 Å². The van der Waals surface area contributed by atoms with Gasteiger partial charge in [-0.05, 0) is 42.5 Å². The number of aromatic nitrogens is 2. The number of hydrogen-bond donors (Lipinski definition) is 3. The maximum Gasteiger partial charge on any atom is 0.115 e. The van der Waals surface area contributed by atoms with Gasteiger partial charge in [0.1, 0.15) is 11.6 Å². The van der Waals surface area contributed by atoms with Gasteiger partial charge >= 0.3 is 0 Å². The number of fused-ring (bicyclic) bond motifs is 1. The van der Waals surface area contributed by atoms with E-state index in [0.29, 0.717) is 11.8 Å². The molecule has 1 atom stereocenters. The maximum atomic E-state index is 9.64. The second-order valence-electron chi connectivity index (χ2n) is 5.07. The van der Waals surface area contributed by atoms with Crippen molar-refractivity contribution in [2.75, 3.05) is 6.54 Å². The highest BCUT2D eigenvalue weighted by Crippen LogP contribution is 2.31. The second-order valence-corrected chi connectivity index (χ2v) is 5.07. The summed E-state index contributed by atoms with van der Waals surface area (Å²) in [5.41, 5.74) is 2.62. The molecule has 1 aliphatic carbocycles. The zero-order valence-electron chi connectivity index (χ0n) is 10.9. The van der Waals surface area contributed by atoms with Gasteiger partial charge in [-0.15, -0.1) is 0 Å². The third kappa shape index (κ3) is 2.79. The minimum Gasteiger partial charge on any atom is -0.508 e. The molecule has 0 saturated carbocycles. The number of nitrogens with one attached hydrogen (secondary N) is 2. The largest absolute Gasteiger partial charge is 0.508 e. The average molecular weight is 257 g/mol. The van der Waals surface area contributed by atoms with Crippen LogP contribution in [0.15, 0.2) is 30.6 Å². The summed E-state index contributed by atoms with van der Waals surface area (Å²) in [6.45, 7) is 0.896. The van der Waals surface area contributed by atoms with Crippen LogP contribution in [0.4, 0.5) is 0 Å². The lowest BCUT2D eigenvalue weighted by Gasteiger charge is -2.26. The van der Waals surface area contributed by atoms with Crippen LogP contribution in [0.25, 0.3) is 0 Å². The van der Waals surface area contributed by atoms with Crippen LogP contribution >= 0.6 is 0 Å².